The number of aliphatic hydroxyl groups is 1. The number of hydrogen-bond acceptors (Lipinski definition) is 1. The SMILES string of the molecule is CC(C)CCC(C)C#CO. The summed E-state index contributed by atoms with van der Waals surface area (Å²) in [6.45, 7) is 6.42. The van der Waals surface area contributed by atoms with E-state index < -0.39 is 0 Å². The monoisotopic (exact) mass is 140 g/mol. The van der Waals surface area contributed by atoms with E-state index in [1.165, 1.54) is 6.42 Å². The smallest absolute Gasteiger partial charge is 0.107 e. The van der Waals surface area contributed by atoms with Crippen LogP contribution in [0.4, 0.5) is 0 Å². The lowest BCUT2D eigenvalue weighted by Crippen LogP contribution is -1.94. The van der Waals surface area contributed by atoms with Crippen molar-refractivity contribution in [2.45, 2.75) is 33.6 Å². The minimum Gasteiger partial charge on any atom is -0.462 e. The van der Waals surface area contributed by atoms with Crippen LogP contribution in [-0.4, -0.2) is 5.11 Å². The maximum absolute atomic E-state index is 8.24. The van der Waals surface area contributed by atoms with Gasteiger partial charge in [-0.05, 0) is 18.8 Å². The van der Waals surface area contributed by atoms with Crippen molar-refractivity contribution in [3.05, 3.63) is 0 Å². The number of aliphatic hydroxyl groups excluding tert-OH is 1. The van der Waals surface area contributed by atoms with Crippen molar-refractivity contribution in [2.24, 2.45) is 11.8 Å². The summed E-state index contributed by atoms with van der Waals surface area (Å²) in [5, 5.41) is 8.24. The third kappa shape index (κ3) is 5.50. The molecule has 0 amide bonds. The van der Waals surface area contributed by atoms with Crippen LogP contribution in [0.25, 0.3) is 0 Å². The molecule has 58 valence electrons. The van der Waals surface area contributed by atoms with Crippen molar-refractivity contribution < 1.29 is 5.11 Å². The van der Waals surface area contributed by atoms with Gasteiger partial charge in [-0.3, -0.25) is 0 Å². The molecule has 0 saturated carbocycles. The summed E-state index contributed by atoms with van der Waals surface area (Å²) in [7, 11) is 0. The highest BCUT2D eigenvalue weighted by atomic mass is 16.2. The first-order chi connectivity index (χ1) is 4.66. The second-order valence-corrected chi connectivity index (χ2v) is 3.13. The van der Waals surface area contributed by atoms with E-state index >= 15 is 0 Å². The van der Waals surface area contributed by atoms with Crippen LogP contribution >= 0.6 is 0 Å². The normalized spacial score (nSPS) is 12.4. The molecule has 1 heteroatoms. The highest BCUT2D eigenvalue weighted by Crippen LogP contribution is 2.10. The summed E-state index contributed by atoms with van der Waals surface area (Å²) in [6.07, 6.45) is 4.22. The van der Waals surface area contributed by atoms with Crippen molar-refractivity contribution in [3.63, 3.8) is 0 Å². The molecule has 1 unspecified atom stereocenters. The molecule has 0 aliphatic rings. The fourth-order valence-corrected chi connectivity index (χ4v) is 0.766. The van der Waals surface area contributed by atoms with Crippen LogP contribution in [0.15, 0.2) is 0 Å². The van der Waals surface area contributed by atoms with Gasteiger partial charge in [-0.1, -0.05) is 26.7 Å². The molecule has 0 radical (unpaired) electrons. The van der Waals surface area contributed by atoms with Crippen molar-refractivity contribution in [1.29, 1.82) is 0 Å². The third-order valence-corrected chi connectivity index (χ3v) is 1.49. The first-order valence-electron chi connectivity index (χ1n) is 3.81. The van der Waals surface area contributed by atoms with Crippen LogP contribution in [0.3, 0.4) is 0 Å². The Morgan fingerprint density at radius 2 is 1.80 bits per heavy atom. The van der Waals surface area contributed by atoms with Gasteiger partial charge >= 0.3 is 0 Å². The second-order valence-electron chi connectivity index (χ2n) is 3.13. The quantitative estimate of drug-likeness (QED) is 0.597. The summed E-state index contributed by atoms with van der Waals surface area (Å²) < 4.78 is 0. The molecule has 0 bridgehead atoms. The maximum atomic E-state index is 8.24. The summed E-state index contributed by atoms with van der Waals surface area (Å²) in [5.41, 5.74) is 0. The largest absolute Gasteiger partial charge is 0.462 e. The molecule has 0 spiro atoms. The molecule has 1 N–H and O–H groups in total. The zero-order valence-electron chi connectivity index (χ0n) is 7.02. The molecule has 1 nitrogen and oxygen atoms in total. The molecule has 0 aromatic carbocycles. The molecule has 1 atom stereocenters. The predicted molar refractivity (Wildman–Crippen MR) is 42.9 cm³/mol. The van der Waals surface area contributed by atoms with E-state index in [0.717, 1.165) is 12.3 Å². The van der Waals surface area contributed by atoms with Crippen LogP contribution in [0.2, 0.25) is 0 Å². The molecule has 0 aromatic heterocycles. The van der Waals surface area contributed by atoms with Gasteiger partial charge < -0.3 is 5.11 Å². The Bertz CT molecular complexity index is 127. The third-order valence-electron chi connectivity index (χ3n) is 1.49. The lowest BCUT2D eigenvalue weighted by atomic mass is 10.0. The molecule has 0 fully saturated rings. The van der Waals surface area contributed by atoms with E-state index in [2.05, 4.69) is 19.8 Å². The molecule has 10 heavy (non-hydrogen) atoms. The predicted octanol–water partition coefficient (Wildman–Crippen LogP) is 2.39. The zero-order valence-corrected chi connectivity index (χ0v) is 7.02. The van der Waals surface area contributed by atoms with Gasteiger partial charge in [0.1, 0.15) is 6.11 Å². The Kier molecular flexibility index (Phi) is 4.84. The van der Waals surface area contributed by atoms with Crippen LogP contribution in [0.1, 0.15) is 33.6 Å². The van der Waals surface area contributed by atoms with E-state index in [4.69, 9.17) is 5.11 Å². The highest BCUT2D eigenvalue weighted by Gasteiger charge is 1.99. The summed E-state index contributed by atoms with van der Waals surface area (Å²) in [5.74, 6) is 3.79. The molecule has 0 saturated heterocycles. The Labute approximate surface area is 63.5 Å². The van der Waals surface area contributed by atoms with E-state index in [1.807, 2.05) is 13.0 Å². The first kappa shape index (κ1) is 9.36. The van der Waals surface area contributed by atoms with Crippen molar-refractivity contribution in [2.75, 3.05) is 0 Å². The molecule has 0 rings (SSSR count). The highest BCUT2D eigenvalue weighted by molar-refractivity contribution is 4.94. The molecule has 0 aliphatic carbocycles. The zero-order chi connectivity index (χ0) is 7.98. The van der Waals surface area contributed by atoms with Crippen molar-refractivity contribution in [1.82, 2.24) is 0 Å². The molecule has 0 aliphatic heterocycles. The Morgan fingerprint density at radius 1 is 1.20 bits per heavy atom. The van der Waals surface area contributed by atoms with Gasteiger partial charge in [-0.15, -0.1) is 0 Å². The van der Waals surface area contributed by atoms with Crippen LogP contribution < -0.4 is 0 Å². The van der Waals surface area contributed by atoms with Gasteiger partial charge in [0, 0.05) is 5.92 Å². The summed E-state index contributed by atoms with van der Waals surface area (Å²) in [4.78, 5) is 0. The lowest BCUT2D eigenvalue weighted by molar-refractivity contribution is 0.494. The standard InChI is InChI=1S/C9H16O/c1-8(2)4-5-9(3)6-7-10/h8-10H,4-5H2,1-3H3. The molecular weight excluding hydrogens is 124 g/mol. The van der Waals surface area contributed by atoms with Gasteiger partial charge in [0.15, 0.2) is 0 Å². The Morgan fingerprint density at radius 3 is 2.20 bits per heavy atom. The van der Waals surface area contributed by atoms with Crippen LogP contribution in [0.5, 0.6) is 0 Å². The Hall–Kier alpha value is -0.640. The molecular formula is C9H16O. The van der Waals surface area contributed by atoms with Gasteiger partial charge in [0.05, 0.1) is 0 Å². The van der Waals surface area contributed by atoms with Gasteiger partial charge in [0.25, 0.3) is 0 Å². The van der Waals surface area contributed by atoms with Crippen molar-refractivity contribution in [3.8, 4) is 12.0 Å². The van der Waals surface area contributed by atoms with Crippen molar-refractivity contribution >= 4 is 0 Å². The van der Waals surface area contributed by atoms with Gasteiger partial charge in [-0.25, -0.2) is 0 Å². The lowest BCUT2D eigenvalue weighted by Gasteiger charge is -2.05. The van der Waals surface area contributed by atoms with Crippen LogP contribution in [-0.2, 0) is 0 Å². The van der Waals surface area contributed by atoms with E-state index in [-0.39, 0.29) is 0 Å². The number of rotatable bonds is 3. The minimum atomic E-state index is 0.340. The average molecular weight is 140 g/mol. The average Bonchev–Trinajstić information content (AvgIpc) is 1.85. The summed E-state index contributed by atoms with van der Waals surface area (Å²) >= 11 is 0. The van der Waals surface area contributed by atoms with E-state index in [0.29, 0.717) is 5.92 Å². The van der Waals surface area contributed by atoms with Crippen LogP contribution in [0, 0.1) is 23.9 Å². The molecule has 0 aromatic rings. The van der Waals surface area contributed by atoms with E-state index in [9.17, 15) is 0 Å². The topological polar surface area (TPSA) is 20.2 Å². The van der Waals surface area contributed by atoms with Gasteiger partial charge in [0.2, 0.25) is 0 Å². The fourth-order valence-electron chi connectivity index (χ4n) is 0.766. The first-order valence-corrected chi connectivity index (χ1v) is 3.81. The van der Waals surface area contributed by atoms with E-state index in [1.54, 1.807) is 0 Å². The summed E-state index contributed by atoms with van der Waals surface area (Å²) in [6, 6.07) is 0. The fraction of sp³-hybridized carbons (Fsp3) is 0.778. The Balaban J connectivity index is 3.36. The second kappa shape index (κ2) is 5.17. The molecule has 0 heterocycles. The minimum absolute atomic E-state index is 0.340. The maximum Gasteiger partial charge on any atom is 0.107 e. The van der Waals surface area contributed by atoms with Gasteiger partial charge in [-0.2, -0.15) is 0 Å². The number of hydrogen-bond donors (Lipinski definition) is 1.